The van der Waals surface area contributed by atoms with Crippen molar-refractivity contribution in [2.24, 2.45) is 0 Å². The predicted octanol–water partition coefficient (Wildman–Crippen LogP) is 3.85. The van der Waals surface area contributed by atoms with Crippen LogP contribution >= 0.6 is 0 Å². The van der Waals surface area contributed by atoms with Gasteiger partial charge in [-0.15, -0.1) is 0 Å². The zero-order chi connectivity index (χ0) is 17.3. The fourth-order valence-corrected chi connectivity index (χ4v) is 3.54. The van der Waals surface area contributed by atoms with Gasteiger partial charge >= 0.3 is 0 Å². The third-order valence-corrected chi connectivity index (χ3v) is 4.87. The van der Waals surface area contributed by atoms with Crippen molar-refractivity contribution in [2.45, 2.75) is 11.8 Å². The minimum Gasteiger partial charge on any atom is -0.497 e. The number of methoxy groups -OCH3 is 1. The van der Waals surface area contributed by atoms with E-state index in [0.717, 1.165) is 23.4 Å². The van der Waals surface area contributed by atoms with Gasteiger partial charge in [0.25, 0.3) is 0 Å². The van der Waals surface area contributed by atoms with E-state index in [1.807, 2.05) is 24.3 Å². The zero-order valence-electron chi connectivity index (χ0n) is 13.9. The Morgan fingerprint density at radius 2 is 1.80 bits per heavy atom. The zero-order valence-corrected chi connectivity index (χ0v) is 13.9. The van der Waals surface area contributed by atoms with Gasteiger partial charge < -0.3 is 4.74 Å². The Morgan fingerprint density at radius 1 is 1.08 bits per heavy atom. The molecule has 4 heteroatoms. The van der Waals surface area contributed by atoms with Gasteiger partial charge in [0.1, 0.15) is 11.8 Å². The molecule has 4 rings (SSSR count). The van der Waals surface area contributed by atoms with Crippen LogP contribution in [-0.2, 0) is 11.8 Å². The molecule has 0 aliphatic heterocycles. The molecule has 1 atom stereocenters. The summed E-state index contributed by atoms with van der Waals surface area (Å²) in [5.74, 6) is 0.834. The number of benzene rings is 2. The number of nitriles is 1. The minimum absolute atomic E-state index is 0.306. The van der Waals surface area contributed by atoms with Crippen LogP contribution < -0.4 is 4.74 Å². The van der Waals surface area contributed by atoms with E-state index >= 15 is 0 Å². The highest BCUT2D eigenvalue weighted by molar-refractivity contribution is 5.66. The first kappa shape index (κ1) is 15.2. The molecule has 0 saturated heterocycles. The summed E-state index contributed by atoms with van der Waals surface area (Å²) in [5, 5.41) is 16.4. The van der Waals surface area contributed by atoms with Crippen LogP contribution in [-0.4, -0.2) is 17.3 Å². The van der Waals surface area contributed by atoms with E-state index in [1.54, 1.807) is 7.11 Å². The summed E-state index contributed by atoms with van der Waals surface area (Å²) in [6, 6.07) is 20.7. The average molecular weight is 327 g/mol. The Balaban J connectivity index is 1.88. The maximum absolute atomic E-state index is 9.22. The lowest BCUT2D eigenvalue weighted by atomic mass is 9.68. The van der Waals surface area contributed by atoms with Gasteiger partial charge in [-0.05, 0) is 23.3 Å². The van der Waals surface area contributed by atoms with Gasteiger partial charge in [-0.3, -0.25) is 5.10 Å². The number of rotatable bonds is 3. The summed E-state index contributed by atoms with van der Waals surface area (Å²) in [6.07, 6.45) is 4.92. The monoisotopic (exact) mass is 327 g/mol. The molecule has 1 aromatic heterocycles. The van der Waals surface area contributed by atoms with Crippen molar-refractivity contribution in [3.05, 3.63) is 88.8 Å². The van der Waals surface area contributed by atoms with Crippen molar-refractivity contribution < 1.29 is 4.74 Å². The standard InChI is InChI=1S/C21H17N3O/c1-25-17-9-7-16(8-10-17)21(15-5-3-2-4-6-15)12-11-18-19(13-21)23-24-20(18)14-22/h2-12H,13H2,1H3,(H,23,24). The molecule has 0 spiro atoms. The van der Waals surface area contributed by atoms with Gasteiger partial charge in [0.15, 0.2) is 5.69 Å². The molecule has 0 fully saturated rings. The number of aromatic amines is 1. The highest BCUT2D eigenvalue weighted by Gasteiger charge is 2.36. The first-order chi connectivity index (χ1) is 12.3. The van der Waals surface area contributed by atoms with Crippen molar-refractivity contribution in [1.29, 1.82) is 5.26 Å². The van der Waals surface area contributed by atoms with Crippen LogP contribution in [0.4, 0.5) is 0 Å². The molecule has 4 nitrogen and oxygen atoms in total. The lowest BCUT2D eigenvalue weighted by Crippen LogP contribution is -2.30. The second-order valence-corrected chi connectivity index (χ2v) is 6.15. The summed E-state index contributed by atoms with van der Waals surface area (Å²) in [4.78, 5) is 0. The molecule has 25 heavy (non-hydrogen) atoms. The van der Waals surface area contributed by atoms with Crippen molar-refractivity contribution in [1.82, 2.24) is 10.2 Å². The Morgan fingerprint density at radius 3 is 2.48 bits per heavy atom. The van der Waals surface area contributed by atoms with Crippen molar-refractivity contribution in [3.8, 4) is 11.8 Å². The van der Waals surface area contributed by atoms with Crippen LogP contribution in [0.25, 0.3) is 6.08 Å². The Bertz CT molecular complexity index is 965. The third-order valence-electron chi connectivity index (χ3n) is 4.87. The van der Waals surface area contributed by atoms with Gasteiger partial charge in [0.05, 0.1) is 7.11 Å². The molecular formula is C21H17N3O. The van der Waals surface area contributed by atoms with Gasteiger partial charge in [-0.25, -0.2) is 0 Å². The summed E-state index contributed by atoms with van der Waals surface area (Å²) in [6.45, 7) is 0. The van der Waals surface area contributed by atoms with Gasteiger partial charge in [0, 0.05) is 23.1 Å². The molecule has 1 aliphatic rings. The molecule has 0 bridgehead atoms. The number of hydrogen-bond acceptors (Lipinski definition) is 3. The average Bonchev–Trinajstić information content (AvgIpc) is 3.10. The Labute approximate surface area is 146 Å². The van der Waals surface area contributed by atoms with Crippen LogP contribution in [0.15, 0.2) is 60.7 Å². The highest BCUT2D eigenvalue weighted by Crippen LogP contribution is 2.41. The number of aromatic nitrogens is 2. The van der Waals surface area contributed by atoms with Crippen LogP contribution in [0.1, 0.15) is 28.1 Å². The molecule has 0 amide bonds. The van der Waals surface area contributed by atoms with E-state index in [4.69, 9.17) is 4.74 Å². The summed E-state index contributed by atoms with van der Waals surface area (Å²) < 4.78 is 5.30. The third kappa shape index (κ3) is 2.41. The van der Waals surface area contributed by atoms with Crippen molar-refractivity contribution in [3.63, 3.8) is 0 Å². The first-order valence-electron chi connectivity index (χ1n) is 8.13. The molecular weight excluding hydrogens is 310 g/mol. The van der Waals surface area contributed by atoms with E-state index < -0.39 is 0 Å². The number of H-pyrrole nitrogens is 1. The molecule has 1 heterocycles. The fraction of sp³-hybridized carbons (Fsp3) is 0.143. The second kappa shape index (κ2) is 5.95. The Hall–Kier alpha value is -3.32. The van der Waals surface area contributed by atoms with E-state index in [1.165, 1.54) is 11.1 Å². The van der Waals surface area contributed by atoms with Gasteiger partial charge in [0.2, 0.25) is 0 Å². The fourth-order valence-electron chi connectivity index (χ4n) is 3.54. The highest BCUT2D eigenvalue weighted by atomic mass is 16.5. The van der Waals surface area contributed by atoms with Gasteiger partial charge in [-0.2, -0.15) is 10.4 Å². The van der Waals surface area contributed by atoms with E-state index in [2.05, 4.69) is 58.7 Å². The SMILES string of the molecule is COc1ccc(C2(c3ccccc3)C=Cc3c(C#N)n[nH]c3C2)cc1. The second-order valence-electron chi connectivity index (χ2n) is 6.15. The van der Waals surface area contributed by atoms with Crippen LogP contribution in [0.5, 0.6) is 5.75 Å². The molecule has 1 aliphatic carbocycles. The molecule has 0 saturated carbocycles. The van der Waals surface area contributed by atoms with E-state index in [0.29, 0.717) is 5.69 Å². The number of nitrogens with one attached hydrogen (secondary N) is 1. The van der Waals surface area contributed by atoms with Crippen LogP contribution in [0.2, 0.25) is 0 Å². The van der Waals surface area contributed by atoms with Crippen LogP contribution in [0, 0.1) is 11.3 Å². The molecule has 122 valence electrons. The molecule has 2 aromatic carbocycles. The largest absolute Gasteiger partial charge is 0.497 e. The van der Waals surface area contributed by atoms with E-state index in [-0.39, 0.29) is 5.41 Å². The number of allylic oxidation sites excluding steroid dienone is 1. The normalized spacial score (nSPS) is 18.4. The first-order valence-corrected chi connectivity index (χ1v) is 8.13. The summed E-state index contributed by atoms with van der Waals surface area (Å²) in [5.41, 5.74) is 4.40. The number of ether oxygens (including phenoxy) is 1. The number of hydrogen-bond donors (Lipinski definition) is 1. The molecule has 0 radical (unpaired) electrons. The Kier molecular flexibility index (Phi) is 3.62. The predicted molar refractivity (Wildman–Crippen MR) is 96.3 cm³/mol. The van der Waals surface area contributed by atoms with Crippen LogP contribution in [0.3, 0.4) is 0 Å². The van der Waals surface area contributed by atoms with Gasteiger partial charge in [-0.1, -0.05) is 54.6 Å². The summed E-state index contributed by atoms with van der Waals surface area (Å²) >= 11 is 0. The van der Waals surface area contributed by atoms with E-state index in [9.17, 15) is 5.26 Å². The number of nitrogens with zero attached hydrogens (tertiary/aromatic N) is 2. The lowest BCUT2D eigenvalue weighted by Gasteiger charge is -2.34. The molecule has 1 unspecified atom stereocenters. The van der Waals surface area contributed by atoms with Crippen molar-refractivity contribution in [2.75, 3.05) is 7.11 Å². The smallest absolute Gasteiger partial charge is 0.169 e. The number of fused-ring (bicyclic) bond motifs is 1. The minimum atomic E-state index is -0.306. The molecule has 3 aromatic rings. The lowest BCUT2D eigenvalue weighted by molar-refractivity contribution is 0.414. The molecule has 1 N–H and O–H groups in total. The maximum atomic E-state index is 9.22. The quantitative estimate of drug-likeness (QED) is 0.795. The van der Waals surface area contributed by atoms with Crippen molar-refractivity contribution >= 4 is 6.08 Å². The summed E-state index contributed by atoms with van der Waals surface area (Å²) in [7, 11) is 1.67. The maximum Gasteiger partial charge on any atom is 0.169 e. The topological polar surface area (TPSA) is 61.7 Å².